The highest BCUT2D eigenvalue weighted by Gasteiger charge is 2.15. The Morgan fingerprint density at radius 3 is 2.39 bits per heavy atom. The van der Waals surface area contributed by atoms with Crippen molar-refractivity contribution in [1.29, 1.82) is 0 Å². The minimum Gasteiger partial charge on any atom is -0.466 e. The number of carbonyl (C=O) groups excluding carboxylic acids is 1. The summed E-state index contributed by atoms with van der Waals surface area (Å²) in [6.45, 7) is 8.77. The van der Waals surface area contributed by atoms with E-state index in [-0.39, 0.29) is 5.91 Å². The van der Waals surface area contributed by atoms with Crippen LogP contribution in [0.3, 0.4) is 0 Å². The van der Waals surface area contributed by atoms with Crippen LogP contribution in [0.2, 0.25) is 0 Å². The van der Waals surface area contributed by atoms with E-state index in [1.165, 1.54) is 0 Å². The summed E-state index contributed by atoms with van der Waals surface area (Å²) in [5.41, 5.74) is 0.555. The molecular weight excluding hydrogens is 234 g/mol. The second-order valence-corrected chi connectivity index (χ2v) is 3.88. The van der Waals surface area contributed by atoms with Crippen LogP contribution in [0.5, 0.6) is 0 Å². The molecule has 0 atom stereocenters. The lowest BCUT2D eigenvalue weighted by molar-refractivity contribution is -0.131. The quantitative estimate of drug-likeness (QED) is 0.757. The SMILES string of the molecule is CCOC(CNC(=O)c1cc(C)oc1C)OCC. The Bertz CT molecular complexity index is 380. The van der Waals surface area contributed by atoms with Crippen molar-refractivity contribution in [1.82, 2.24) is 5.32 Å². The molecule has 1 N–H and O–H groups in total. The molecule has 0 fully saturated rings. The van der Waals surface area contributed by atoms with Crippen molar-refractivity contribution in [3.63, 3.8) is 0 Å². The van der Waals surface area contributed by atoms with Gasteiger partial charge in [0, 0.05) is 13.2 Å². The minimum absolute atomic E-state index is 0.172. The van der Waals surface area contributed by atoms with E-state index in [1.54, 1.807) is 13.0 Å². The topological polar surface area (TPSA) is 60.7 Å². The standard InChI is InChI=1S/C13H21NO4/c1-5-16-12(17-6-2)8-14-13(15)11-7-9(3)18-10(11)4/h7,12H,5-6,8H2,1-4H3,(H,14,15). The fourth-order valence-electron chi connectivity index (χ4n) is 1.67. The Labute approximate surface area is 107 Å². The molecule has 0 saturated heterocycles. The predicted molar refractivity (Wildman–Crippen MR) is 67.6 cm³/mol. The van der Waals surface area contributed by atoms with Crippen LogP contribution in [-0.2, 0) is 9.47 Å². The summed E-state index contributed by atoms with van der Waals surface area (Å²) in [6.07, 6.45) is -0.405. The smallest absolute Gasteiger partial charge is 0.255 e. The van der Waals surface area contributed by atoms with E-state index in [4.69, 9.17) is 13.9 Å². The van der Waals surface area contributed by atoms with Crippen molar-refractivity contribution in [2.24, 2.45) is 0 Å². The number of nitrogens with one attached hydrogen (secondary N) is 1. The van der Waals surface area contributed by atoms with Crippen molar-refractivity contribution in [3.8, 4) is 0 Å². The molecular formula is C13H21NO4. The summed E-state index contributed by atoms with van der Waals surface area (Å²) in [5, 5.41) is 2.77. The lowest BCUT2D eigenvalue weighted by Gasteiger charge is -2.17. The Kier molecular flexibility index (Phi) is 5.88. The Balaban J connectivity index is 2.51. The van der Waals surface area contributed by atoms with E-state index < -0.39 is 6.29 Å². The monoisotopic (exact) mass is 255 g/mol. The molecule has 1 heterocycles. The molecule has 0 bridgehead atoms. The van der Waals surface area contributed by atoms with Crippen LogP contribution in [0, 0.1) is 13.8 Å². The molecule has 1 aromatic heterocycles. The molecule has 0 saturated carbocycles. The highest BCUT2D eigenvalue weighted by atomic mass is 16.7. The van der Waals surface area contributed by atoms with Gasteiger partial charge in [0.2, 0.25) is 0 Å². The molecule has 5 heteroatoms. The maximum atomic E-state index is 11.9. The zero-order valence-corrected chi connectivity index (χ0v) is 11.4. The van der Waals surface area contributed by atoms with Gasteiger partial charge in [-0.3, -0.25) is 4.79 Å². The van der Waals surface area contributed by atoms with Crippen LogP contribution < -0.4 is 5.32 Å². The number of rotatable bonds is 7. The minimum atomic E-state index is -0.405. The third-order valence-corrected chi connectivity index (χ3v) is 2.42. The molecule has 102 valence electrons. The van der Waals surface area contributed by atoms with Crippen molar-refractivity contribution in [3.05, 3.63) is 23.2 Å². The lowest BCUT2D eigenvalue weighted by Crippen LogP contribution is -2.35. The second-order valence-electron chi connectivity index (χ2n) is 3.88. The van der Waals surface area contributed by atoms with Crippen LogP contribution in [0.4, 0.5) is 0 Å². The lowest BCUT2D eigenvalue weighted by atomic mass is 10.2. The predicted octanol–water partition coefficient (Wildman–Crippen LogP) is 2.03. The van der Waals surface area contributed by atoms with Gasteiger partial charge in [0.1, 0.15) is 11.5 Å². The third kappa shape index (κ3) is 4.16. The second kappa shape index (κ2) is 7.18. The van der Waals surface area contributed by atoms with Crippen LogP contribution >= 0.6 is 0 Å². The first-order valence-corrected chi connectivity index (χ1v) is 6.16. The van der Waals surface area contributed by atoms with Gasteiger partial charge in [-0.05, 0) is 33.8 Å². The molecule has 5 nitrogen and oxygen atoms in total. The van der Waals surface area contributed by atoms with Gasteiger partial charge in [-0.25, -0.2) is 0 Å². The maximum absolute atomic E-state index is 11.9. The number of carbonyl (C=O) groups is 1. The molecule has 1 rings (SSSR count). The number of hydrogen-bond acceptors (Lipinski definition) is 4. The number of amides is 1. The van der Waals surface area contributed by atoms with Gasteiger partial charge in [0.15, 0.2) is 6.29 Å². The number of furan rings is 1. The average molecular weight is 255 g/mol. The fourth-order valence-corrected chi connectivity index (χ4v) is 1.67. The molecule has 0 aliphatic rings. The Hall–Kier alpha value is -1.33. The van der Waals surface area contributed by atoms with Gasteiger partial charge in [0.25, 0.3) is 5.91 Å². The Morgan fingerprint density at radius 2 is 1.94 bits per heavy atom. The zero-order valence-electron chi connectivity index (χ0n) is 11.4. The van der Waals surface area contributed by atoms with E-state index >= 15 is 0 Å². The normalized spacial score (nSPS) is 10.9. The highest BCUT2D eigenvalue weighted by molar-refractivity contribution is 5.95. The van der Waals surface area contributed by atoms with Crippen molar-refractivity contribution < 1.29 is 18.7 Å². The first kappa shape index (κ1) is 14.7. The first-order valence-electron chi connectivity index (χ1n) is 6.16. The van der Waals surface area contributed by atoms with Crippen LogP contribution in [0.25, 0.3) is 0 Å². The van der Waals surface area contributed by atoms with Gasteiger partial charge in [-0.15, -0.1) is 0 Å². The van der Waals surface area contributed by atoms with Gasteiger partial charge >= 0.3 is 0 Å². The fraction of sp³-hybridized carbons (Fsp3) is 0.615. The first-order chi connectivity index (χ1) is 8.58. The van der Waals surface area contributed by atoms with Gasteiger partial charge < -0.3 is 19.2 Å². The largest absolute Gasteiger partial charge is 0.466 e. The summed E-state index contributed by atoms with van der Waals surface area (Å²) < 4.78 is 16.0. The molecule has 0 radical (unpaired) electrons. The van der Waals surface area contributed by atoms with E-state index in [2.05, 4.69) is 5.32 Å². The molecule has 0 aliphatic carbocycles. The van der Waals surface area contributed by atoms with Gasteiger partial charge in [-0.2, -0.15) is 0 Å². The Morgan fingerprint density at radius 1 is 1.33 bits per heavy atom. The molecule has 0 aromatic carbocycles. The van der Waals surface area contributed by atoms with Crippen LogP contribution in [0.1, 0.15) is 35.7 Å². The summed E-state index contributed by atoms with van der Waals surface area (Å²) in [6, 6.07) is 1.72. The molecule has 0 aliphatic heterocycles. The molecule has 0 unspecified atom stereocenters. The summed E-state index contributed by atoms with van der Waals surface area (Å²) in [7, 11) is 0. The number of hydrogen-bond donors (Lipinski definition) is 1. The van der Waals surface area contributed by atoms with E-state index in [9.17, 15) is 4.79 Å². The average Bonchev–Trinajstić information content (AvgIpc) is 2.65. The number of aryl methyl sites for hydroxylation is 2. The molecule has 1 amide bonds. The molecule has 1 aromatic rings. The summed E-state index contributed by atoms with van der Waals surface area (Å²) >= 11 is 0. The molecule has 18 heavy (non-hydrogen) atoms. The number of ether oxygens (including phenoxy) is 2. The highest BCUT2D eigenvalue weighted by Crippen LogP contribution is 2.13. The zero-order chi connectivity index (χ0) is 13.5. The van der Waals surface area contributed by atoms with Crippen molar-refractivity contribution >= 4 is 5.91 Å². The van der Waals surface area contributed by atoms with E-state index in [0.29, 0.717) is 31.1 Å². The summed E-state index contributed by atoms with van der Waals surface area (Å²) in [5.74, 6) is 1.17. The summed E-state index contributed by atoms with van der Waals surface area (Å²) in [4.78, 5) is 11.9. The maximum Gasteiger partial charge on any atom is 0.255 e. The van der Waals surface area contributed by atoms with Crippen molar-refractivity contribution in [2.75, 3.05) is 19.8 Å². The third-order valence-electron chi connectivity index (χ3n) is 2.42. The van der Waals surface area contributed by atoms with Crippen LogP contribution in [0.15, 0.2) is 10.5 Å². The van der Waals surface area contributed by atoms with Crippen molar-refractivity contribution in [2.45, 2.75) is 34.0 Å². The van der Waals surface area contributed by atoms with Gasteiger partial charge in [0.05, 0.1) is 12.1 Å². The van der Waals surface area contributed by atoms with E-state index in [1.807, 2.05) is 20.8 Å². The van der Waals surface area contributed by atoms with E-state index in [0.717, 1.165) is 5.76 Å². The van der Waals surface area contributed by atoms with Crippen LogP contribution in [-0.4, -0.2) is 32.0 Å². The van der Waals surface area contributed by atoms with Gasteiger partial charge in [-0.1, -0.05) is 0 Å². The molecule has 0 spiro atoms.